The number of nitrogens with zero attached hydrogens (tertiary/aromatic N) is 3. The molecule has 0 aliphatic carbocycles. The highest BCUT2D eigenvalue weighted by molar-refractivity contribution is 7.89. The summed E-state index contributed by atoms with van der Waals surface area (Å²) in [4.78, 5) is 6.41. The maximum Gasteiger partial charge on any atom is 0.243 e. The highest BCUT2D eigenvalue weighted by Crippen LogP contribution is 2.19. The molecule has 3 N–H and O–H groups in total. The van der Waals surface area contributed by atoms with E-state index < -0.39 is 10.0 Å². The Morgan fingerprint density at radius 3 is 2.50 bits per heavy atom. The van der Waals surface area contributed by atoms with Gasteiger partial charge in [0.25, 0.3) is 0 Å². The van der Waals surface area contributed by atoms with Crippen LogP contribution in [0.15, 0.2) is 23.2 Å². The van der Waals surface area contributed by atoms with E-state index >= 15 is 0 Å². The first-order valence-corrected chi connectivity index (χ1v) is 8.06. The van der Waals surface area contributed by atoms with Gasteiger partial charge in [-0.1, -0.05) is 0 Å². The lowest BCUT2D eigenvalue weighted by Crippen LogP contribution is -2.50. The Morgan fingerprint density at radius 1 is 1.30 bits per heavy atom. The van der Waals surface area contributed by atoms with Crippen molar-refractivity contribution in [3.63, 3.8) is 0 Å². The summed E-state index contributed by atoms with van der Waals surface area (Å²) in [5, 5.41) is 0. The topological polar surface area (TPSA) is 91.6 Å². The van der Waals surface area contributed by atoms with E-state index in [1.165, 1.54) is 22.6 Å². The van der Waals surface area contributed by atoms with E-state index in [-0.39, 0.29) is 4.90 Å². The molecule has 1 aliphatic rings. The third kappa shape index (κ3) is 3.09. The summed E-state index contributed by atoms with van der Waals surface area (Å²) in [5.74, 6) is 5.60. The second kappa shape index (κ2) is 6.04. The van der Waals surface area contributed by atoms with Gasteiger partial charge in [-0.2, -0.15) is 4.31 Å². The Labute approximate surface area is 119 Å². The fraction of sp³-hybridized carbons (Fsp3) is 0.583. The van der Waals surface area contributed by atoms with Gasteiger partial charge in [0.05, 0.1) is 4.90 Å². The molecule has 2 rings (SSSR count). The summed E-state index contributed by atoms with van der Waals surface area (Å²) in [6.45, 7) is 6.76. The van der Waals surface area contributed by atoms with Gasteiger partial charge in [0.1, 0.15) is 5.82 Å². The van der Waals surface area contributed by atoms with Crippen molar-refractivity contribution in [1.29, 1.82) is 0 Å². The minimum atomic E-state index is -3.47. The molecule has 1 aromatic heterocycles. The van der Waals surface area contributed by atoms with Crippen molar-refractivity contribution in [3.05, 3.63) is 18.3 Å². The van der Waals surface area contributed by atoms with Crippen LogP contribution in [-0.4, -0.2) is 54.8 Å². The molecule has 0 unspecified atom stereocenters. The first-order valence-electron chi connectivity index (χ1n) is 6.62. The third-order valence-corrected chi connectivity index (χ3v) is 5.42. The van der Waals surface area contributed by atoms with E-state index in [4.69, 9.17) is 5.84 Å². The Kier molecular flexibility index (Phi) is 4.59. The molecular formula is C12H21N5O2S. The zero-order valence-corrected chi connectivity index (χ0v) is 12.6. The maximum atomic E-state index is 12.5. The summed E-state index contributed by atoms with van der Waals surface area (Å²) in [6.07, 6.45) is 1.44. The average molecular weight is 299 g/mol. The van der Waals surface area contributed by atoms with E-state index in [9.17, 15) is 8.42 Å². The van der Waals surface area contributed by atoms with Gasteiger partial charge in [-0.05, 0) is 19.9 Å². The Hall–Kier alpha value is -1.22. The Balaban J connectivity index is 2.15. The van der Waals surface area contributed by atoms with Crippen LogP contribution in [0.3, 0.4) is 0 Å². The second-order valence-corrected chi connectivity index (χ2v) is 6.99. The van der Waals surface area contributed by atoms with Gasteiger partial charge >= 0.3 is 0 Å². The van der Waals surface area contributed by atoms with Crippen molar-refractivity contribution in [3.8, 4) is 0 Å². The lowest BCUT2D eigenvalue weighted by Gasteiger charge is -2.36. The first-order chi connectivity index (χ1) is 9.45. The number of aromatic nitrogens is 1. The van der Waals surface area contributed by atoms with E-state index in [0.717, 1.165) is 13.1 Å². The molecule has 0 amide bonds. The van der Waals surface area contributed by atoms with E-state index in [2.05, 4.69) is 29.2 Å². The van der Waals surface area contributed by atoms with E-state index in [0.29, 0.717) is 24.9 Å². The number of piperazine rings is 1. The summed E-state index contributed by atoms with van der Waals surface area (Å²) in [5.41, 5.74) is 2.36. The molecule has 1 saturated heterocycles. The van der Waals surface area contributed by atoms with Crippen molar-refractivity contribution in [2.45, 2.75) is 24.8 Å². The van der Waals surface area contributed by atoms with E-state index in [1.54, 1.807) is 0 Å². The quantitative estimate of drug-likeness (QED) is 0.604. The van der Waals surface area contributed by atoms with Gasteiger partial charge in [-0.3, -0.25) is 4.90 Å². The number of rotatable bonds is 4. The number of nitrogen functional groups attached to an aromatic ring is 1. The zero-order valence-electron chi connectivity index (χ0n) is 11.8. The molecule has 1 aliphatic heterocycles. The molecule has 0 bridgehead atoms. The normalized spacial score (nSPS) is 18.4. The number of nitrogens with one attached hydrogen (secondary N) is 1. The van der Waals surface area contributed by atoms with Crippen molar-refractivity contribution < 1.29 is 8.42 Å². The molecule has 0 aromatic carbocycles. The van der Waals surface area contributed by atoms with Crippen LogP contribution in [0.1, 0.15) is 13.8 Å². The highest BCUT2D eigenvalue weighted by Gasteiger charge is 2.29. The number of hydrazine groups is 1. The van der Waals surface area contributed by atoms with Crippen LogP contribution >= 0.6 is 0 Å². The SMILES string of the molecule is CC(C)N1CCN(S(=O)(=O)c2ccnc(NN)c2)CC1. The van der Waals surface area contributed by atoms with E-state index in [1.807, 2.05) is 0 Å². The van der Waals surface area contributed by atoms with Crippen LogP contribution in [0.25, 0.3) is 0 Å². The van der Waals surface area contributed by atoms with Crippen molar-refractivity contribution in [1.82, 2.24) is 14.2 Å². The predicted molar refractivity (Wildman–Crippen MR) is 77.5 cm³/mol. The molecule has 8 heteroatoms. The summed E-state index contributed by atoms with van der Waals surface area (Å²) >= 11 is 0. The molecule has 112 valence electrons. The van der Waals surface area contributed by atoms with Crippen LogP contribution in [-0.2, 0) is 10.0 Å². The zero-order chi connectivity index (χ0) is 14.8. The van der Waals surface area contributed by atoms with Crippen molar-refractivity contribution in [2.75, 3.05) is 31.6 Å². The molecular weight excluding hydrogens is 278 g/mol. The van der Waals surface area contributed by atoms with Gasteiger partial charge < -0.3 is 5.43 Å². The minimum absolute atomic E-state index is 0.221. The number of hydrogen-bond donors (Lipinski definition) is 2. The largest absolute Gasteiger partial charge is 0.308 e. The number of pyridine rings is 1. The van der Waals surface area contributed by atoms with Crippen LogP contribution < -0.4 is 11.3 Å². The molecule has 0 spiro atoms. The van der Waals surface area contributed by atoms with Crippen LogP contribution in [0.4, 0.5) is 5.82 Å². The Bertz CT molecular complexity index is 553. The molecule has 2 heterocycles. The average Bonchev–Trinajstić information content (AvgIpc) is 2.47. The smallest absolute Gasteiger partial charge is 0.243 e. The van der Waals surface area contributed by atoms with Gasteiger partial charge in [0.2, 0.25) is 10.0 Å². The number of nitrogens with two attached hydrogens (primary N) is 1. The third-order valence-electron chi connectivity index (χ3n) is 3.52. The number of anilines is 1. The van der Waals surface area contributed by atoms with Crippen LogP contribution in [0.5, 0.6) is 0 Å². The standard InChI is InChI=1S/C12H21N5O2S/c1-10(2)16-5-7-17(8-6-16)20(18,19)11-3-4-14-12(9-11)15-13/h3-4,9-10H,5-8,13H2,1-2H3,(H,14,15). The molecule has 0 saturated carbocycles. The van der Waals surface area contributed by atoms with Gasteiger partial charge in [0, 0.05) is 44.5 Å². The minimum Gasteiger partial charge on any atom is -0.308 e. The lowest BCUT2D eigenvalue weighted by atomic mass is 10.3. The number of hydrogen-bond acceptors (Lipinski definition) is 6. The van der Waals surface area contributed by atoms with Gasteiger partial charge in [-0.15, -0.1) is 0 Å². The Morgan fingerprint density at radius 2 is 1.95 bits per heavy atom. The summed E-state index contributed by atoms with van der Waals surface area (Å²) in [7, 11) is -3.47. The number of sulfonamides is 1. The molecule has 1 aromatic rings. The second-order valence-electron chi connectivity index (χ2n) is 5.05. The van der Waals surface area contributed by atoms with Crippen LogP contribution in [0.2, 0.25) is 0 Å². The highest BCUT2D eigenvalue weighted by atomic mass is 32.2. The maximum absolute atomic E-state index is 12.5. The monoisotopic (exact) mass is 299 g/mol. The molecule has 0 atom stereocenters. The van der Waals surface area contributed by atoms with Gasteiger partial charge in [-0.25, -0.2) is 19.2 Å². The summed E-state index contributed by atoms with van der Waals surface area (Å²) < 4.78 is 26.6. The first kappa shape index (κ1) is 15.2. The molecule has 0 radical (unpaired) electrons. The lowest BCUT2D eigenvalue weighted by molar-refractivity contribution is 0.154. The van der Waals surface area contributed by atoms with Crippen LogP contribution in [0, 0.1) is 0 Å². The summed E-state index contributed by atoms with van der Waals surface area (Å²) in [6, 6.07) is 3.38. The molecule has 20 heavy (non-hydrogen) atoms. The fourth-order valence-electron chi connectivity index (χ4n) is 2.26. The van der Waals surface area contributed by atoms with Crippen molar-refractivity contribution >= 4 is 15.8 Å². The fourth-order valence-corrected chi connectivity index (χ4v) is 3.70. The van der Waals surface area contributed by atoms with Gasteiger partial charge in [0.15, 0.2) is 0 Å². The molecule has 7 nitrogen and oxygen atoms in total. The predicted octanol–water partition coefficient (Wildman–Crippen LogP) is 0.0819. The van der Waals surface area contributed by atoms with Crippen molar-refractivity contribution in [2.24, 2.45) is 5.84 Å². The molecule has 1 fully saturated rings.